The summed E-state index contributed by atoms with van der Waals surface area (Å²) in [7, 11) is 0. The summed E-state index contributed by atoms with van der Waals surface area (Å²) < 4.78 is 5.44. The minimum absolute atomic E-state index is 0.733. The highest BCUT2D eigenvalue weighted by atomic mass is 32.2. The van der Waals surface area contributed by atoms with Crippen molar-refractivity contribution < 1.29 is 4.74 Å². The maximum atomic E-state index is 5.44. The van der Waals surface area contributed by atoms with Crippen molar-refractivity contribution in [3.63, 3.8) is 0 Å². The van der Waals surface area contributed by atoms with Gasteiger partial charge in [0.25, 0.3) is 0 Å². The largest absolute Gasteiger partial charge is 0.494 e. The van der Waals surface area contributed by atoms with Crippen molar-refractivity contribution in [1.82, 2.24) is 5.32 Å². The highest BCUT2D eigenvalue weighted by Gasteiger charge is 2.12. The van der Waals surface area contributed by atoms with Gasteiger partial charge in [-0.25, -0.2) is 0 Å². The Kier molecular flexibility index (Phi) is 5.88. The molecule has 0 bridgehead atoms. The molecule has 1 fully saturated rings. The highest BCUT2D eigenvalue weighted by Crippen LogP contribution is 2.22. The van der Waals surface area contributed by atoms with E-state index in [9.17, 15) is 0 Å². The molecule has 0 aromatic heterocycles. The summed E-state index contributed by atoms with van der Waals surface area (Å²) in [5.41, 5.74) is 1.34. The molecule has 1 aliphatic heterocycles. The van der Waals surface area contributed by atoms with E-state index in [1.807, 2.05) is 6.92 Å². The Hall–Kier alpha value is -0.670. The number of rotatable bonds is 6. The number of thioether (sulfide) groups is 1. The van der Waals surface area contributed by atoms with Gasteiger partial charge in [-0.05, 0) is 61.4 Å². The third-order valence-electron chi connectivity index (χ3n) is 3.34. The maximum absolute atomic E-state index is 5.44. The van der Waals surface area contributed by atoms with Crippen LogP contribution >= 0.6 is 11.8 Å². The lowest BCUT2D eigenvalue weighted by Gasteiger charge is -2.21. The van der Waals surface area contributed by atoms with E-state index in [2.05, 4.69) is 41.3 Å². The predicted molar refractivity (Wildman–Crippen MR) is 79.4 cm³/mol. The van der Waals surface area contributed by atoms with Gasteiger partial charge in [0.2, 0.25) is 0 Å². The zero-order valence-corrected chi connectivity index (χ0v) is 12.0. The van der Waals surface area contributed by atoms with Gasteiger partial charge in [-0.3, -0.25) is 0 Å². The van der Waals surface area contributed by atoms with Crippen LogP contribution in [-0.4, -0.2) is 24.7 Å². The predicted octanol–water partition coefficient (Wildman–Crippen LogP) is 3.32. The fourth-order valence-corrected chi connectivity index (χ4v) is 3.45. The number of ether oxygens (including phenoxy) is 1. The molecule has 1 aliphatic rings. The molecular weight excluding hydrogens is 242 g/mol. The Morgan fingerprint density at radius 1 is 1.22 bits per heavy atom. The molecule has 1 aromatic carbocycles. The minimum atomic E-state index is 0.733. The maximum Gasteiger partial charge on any atom is 0.119 e. The summed E-state index contributed by atoms with van der Waals surface area (Å²) >= 11 is 2.09. The average molecular weight is 265 g/mol. The van der Waals surface area contributed by atoms with Crippen LogP contribution in [0.3, 0.4) is 0 Å². The Morgan fingerprint density at radius 2 is 1.94 bits per heavy atom. The molecule has 0 aliphatic carbocycles. The molecule has 0 spiro atoms. The second-order valence-electron chi connectivity index (χ2n) is 4.76. The highest BCUT2D eigenvalue weighted by molar-refractivity contribution is 7.99. The summed E-state index contributed by atoms with van der Waals surface area (Å²) in [5, 5.41) is 3.57. The van der Waals surface area contributed by atoms with E-state index in [0.717, 1.165) is 31.4 Å². The SMILES string of the molecule is CCOc1ccc(CNCC2CCSCC2)cc1. The number of hydrogen-bond acceptors (Lipinski definition) is 3. The van der Waals surface area contributed by atoms with Gasteiger partial charge in [0, 0.05) is 6.54 Å². The molecule has 2 rings (SSSR count). The van der Waals surface area contributed by atoms with E-state index in [-0.39, 0.29) is 0 Å². The average Bonchev–Trinajstić information content (AvgIpc) is 2.42. The first-order chi connectivity index (χ1) is 8.88. The molecule has 3 heteroatoms. The molecule has 0 atom stereocenters. The van der Waals surface area contributed by atoms with Crippen LogP contribution in [-0.2, 0) is 6.54 Å². The van der Waals surface area contributed by atoms with Crippen LogP contribution in [0.4, 0.5) is 0 Å². The van der Waals surface area contributed by atoms with Crippen LogP contribution in [0.1, 0.15) is 25.3 Å². The lowest BCUT2D eigenvalue weighted by molar-refractivity contribution is 0.340. The quantitative estimate of drug-likeness (QED) is 0.852. The molecular formula is C15H23NOS. The monoisotopic (exact) mass is 265 g/mol. The normalized spacial score (nSPS) is 16.7. The van der Waals surface area contributed by atoms with Gasteiger partial charge in [0.1, 0.15) is 5.75 Å². The number of nitrogens with one attached hydrogen (secondary N) is 1. The molecule has 0 amide bonds. The van der Waals surface area contributed by atoms with Crippen LogP contribution in [0.15, 0.2) is 24.3 Å². The fraction of sp³-hybridized carbons (Fsp3) is 0.600. The molecule has 1 N–H and O–H groups in total. The lowest BCUT2D eigenvalue weighted by Crippen LogP contribution is -2.25. The summed E-state index contributed by atoms with van der Waals surface area (Å²) in [6.07, 6.45) is 2.75. The molecule has 100 valence electrons. The van der Waals surface area contributed by atoms with Gasteiger partial charge in [-0.2, -0.15) is 11.8 Å². The van der Waals surface area contributed by atoms with Crippen LogP contribution in [0.5, 0.6) is 5.75 Å². The summed E-state index contributed by atoms with van der Waals surface area (Å²) in [6.45, 7) is 4.87. The van der Waals surface area contributed by atoms with Crippen molar-refractivity contribution in [2.75, 3.05) is 24.7 Å². The van der Waals surface area contributed by atoms with Gasteiger partial charge in [-0.1, -0.05) is 12.1 Å². The van der Waals surface area contributed by atoms with E-state index in [1.54, 1.807) is 0 Å². The summed E-state index contributed by atoms with van der Waals surface area (Å²) in [5.74, 6) is 4.53. The van der Waals surface area contributed by atoms with E-state index < -0.39 is 0 Å². The van der Waals surface area contributed by atoms with Crippen molar-refractivity contribution in [2.45, 2.75) is 26.3 Å². The van der Waals surface area contributed by atoms with Crippen LogP contribution in [0, 0.1) is 5.92 Å². The van der Waals surface area contributed by atoms with Crippen molar-refractivity contribution in [3.8, 4) is 5.75 Å². The third-order valence-corrected chi connectivity index (χ3v) is 4.39. The zero-order valence-electron chi connectivity index (χ0n) is 11.2. The van der Waals surface area contributed by atoms with Crippen molar-refractivity contribution >= 4 is 11.8 Å². The topological polar surface area (TPSA) is 21.3 Å². The first-order valence-electron chi connectivity index (χ1n) is 6.88. The zero-order chi connectivity index (χ0) is 12.6. The molecule has 0 saturated carbocycles. The summed E-state index contributed by atoms with van der Waals surface area (Å²) in [4.78, 5) is 0. The molecule has 1 saturated heterocycles. The smallest absolute Gasteiger partial charge is 0.119 e. The second-order valence-corrected chi connectivity index (χ2v) is 5.99. The molecule has 0 unspecified atom stereocenters. The number of benzene rings is 1. The fourth-order valence-electron chi connectivity index (χ4n) is 2.24. The van der Waals surface area contributed by atoms with Crippen molar-refractivity contribution in [1.29, 1.82) is 0 Å². The van der Waals surface area contributed by atoms with Crippen molar-refractivity contribution in [3.05, 3.63) is 29.8 Å². The van der Waals surface area contributed by atoms with E-state index in [1.165, 1.54) is 29.9 Å². The Balaban J connectivity index is 1.69. The van der Waals surface area contributed by atoms with Gasteiger partial charge >= 0.3 is 0 Å². The first kappa shape index (κ1) is 13.8. The van der Waals surface area contributed by atoms with E-state index in [4.69, 9.17) is 4.74 Å². The Morgan fingerprint density at radius 3 is 2.61 bits per heavy atom. The van der Waals surface area contributed by atoms with Gasteiger partial charge < -0.3 is 10.1 Å². The Labute approximate surface area is 114 Å². The second kappa shape index (κ2) is 7.70. The minimum Gasteiger partial charge on any atom is -0.494 e. The molecule has 1 heterocycles. The molecule has 18 heavy (non-hydrogen) atoms. The van der Waals surface area contributed by atoms with Crippen molar-refractivity contribution in [2.24, 2.45) is 5.92 Å². The Bertz CT molecular complexity index is 333. The van der Waals surface area contributed by atoms with E-state index in [0.29, 0.717) is 0 Å². The van der Waals surface area contributed by atoms with Crippen LogP contribution in [0.2, 0.25) is 0 Å². The van der Waals surface area contributed by atoms with Crippen LogP contribution in [0.25, 0.3) is 0 Å². The van der Waals surface area contributed by atoms with Gasteiger partial charge in [0.05, 0.1) is 6.61 Å². The summed E-state index contributed by atoms with van der Waals surface area (Å²) in [6, 6.07) is 8.40. The third kappa shape index (κ3) is 4.54. The molecule has 2 nitrogen and oxygen atoms in total. The van der Waals surface area contributed by atoms with Gasteiger partial charge in [-0.15, -0.1) is 0 Å². The van der Waals surface area contributed by atoms with Gasteiger partial charge in [0.15, 0.2) is 0 Å². The number of hydrogen-bond donors (Lipinski definition) is 1. The first-order valence-corrected chi connectivity index (χ1v) is 8.04. The molecule has 0 radical (unpaired) electrons. The van der Waals surface area contributed by atoms with E-state index >= 15 is 0 Å². The lowest BCUT2D eigenvalue weighted by atomic mass is 10.0. The molecule has 1 aromatic rings. The standard InChI is InChI=1S/C15H23NOS/c1-2-17-15-5-3-13(4-6-15)11-16-12-14-7-9-18-10-8-14/h3-6,14,16H,2,7-12H2,1H3. The van der Waals surface area contributed by atoms with Crippen LogP contribution < -0.4 is 10.1 Å².